The number of rotatable bonds is 9. The molecular weight excluding hydrogens is 366 g/mol. The van der Waals surface area contributed by atoms with Crippen molar-refractivity contribution in [3.8, 4) is 0 Å². The van der Waals surface area contributed by atoms with Crippen molar-refractivity contribution in [2.24, 2.45) is 0 Å². The molecule has 2 atom stereocenters. The molecule has 0 fully saturated rings. The summed E-state index contributed by atoms with van der Waals surface area (Å²) in [6.07, 6.45) is 2.51. The summed E-state index contributed by atoms with van der Waals surface area (Å²) < 4.78 is 4.84. The predicted molar refractivity (Wildman–Crippen MR) is 108 cm³/mol. The third-order valence-electron chi connectivity index (χ3n) is 3.75. The van der Waals surface area contributed by atoms with E-state index in [2.05, 4.69) is 5.32 Å². The van der Waals surface area contributed by atoms with E-state index in [0.29, 0.717) is 6.42 Å². The zero-order chi connectivity index (χ0) is 18.8. The highest BCUT2D eigenvalue weighted by atomic mass is 32.2. The maximum absolute atomic E-state index is 13.0. The van der Waals surface area contributed by atoms with Crippen LogP contribution in [0.3, 0.4) is 0 Å². The molecule has 0 bridgehead atoms. The molecule has 0 radical (unpaired) electrons. The number of methoxy groups -OCH3 is 1. The van der Waals surface area contributed by atoms with Crippen molar-refractivity contribution in [1.29, 1.82) is 0 Å². The molecule has 1 amide bonds. The lowest BCUT2D eigenvalue weighted by atomic mass is 10.1. The summed E-state index contributed by atoms with van der Waals surface area (Å²) in [4.78, 5) is 26.0. The van der Waals surface area contributed by atoms with Gasteiger partial charge in [0.15, 0.2) is 0 Å². The summed E-state index contributed by atoms with van der Waals surface area (Å²) in [5, 5.41) is 2.43. The van der Waals surface area contributed by atoms with E-state index in [1.165, 1.54) is 18.9 Å². The van der Waals surface area contributed by atoms with Crippen LogP contribution in [0.15, 0.2) is 65.6 Å². The molecule has 0 heterocycles. The smallest absolute Gasteiger partial charge is 0.328 e. The molecule has 0 aliphatic heterocycles. The number of benzene rings is 2. The van der Waals surface area contributed by atoms with Crippen molar-refractivity contribution in [3.63, 3.8) is 0 Å². The fraction of sp³-hybridized carbons (Fsp3) is 0.300. The van der Waals surface area contributed by atoms with Crippen LogP contribution in [-0.2, 0) is 14.3 Å². The second kappa shape index (κ2) is 10.9. The van der Waals surface area contributed by atoms with E-state index in [0.717, 1.165) is 16.2 Å². The highest BCUT2D eigenvalue weighted by Gasteiger charge is 2.27. The molecular formula is C20H23NO3S2. The molecule has 0 aromatic heterocycles. The summed E-state index contributed by atoms with van der Waals surface area (Å²) in [7, 11) is 1.34. The molecule has 4 nitrogen and oxygen atoms in total. The molecule has 0 saturated carbocycles. The molecule has 138 valence electrons. The molecule has 0 aliphatic carbocycles. The van der Waals surface area contributed by atoms with Gasteiger partial charge in [0.25, 0.3) is 0 Å². The van der Waals surface area contributed by atoms with Crippen molar-refractivity contribution in [3.05, 3.63) is 66.2 Å². The van der Waals surface area contributed by atoms with Gasteiger partial charge in [-0.25, -0.2) is 4.79 Å². The lowest BCUT2D eigenvalue weighted by molar-refractivity contribution is -0.145. The third kappa shape index (κ3) is 6.11. The van der Waals surface area contributed by atoms with Gasteiger partial charge in [-0.15, -0.1) is 11.8 Å². The minimum Gasteiger partial charge on any atom is -0.467 e. The van der Waals surface area contributed by atoms with Gasteiger partial charge in [0.05, 0.1) is 7.11 Å². The second-order valence-corrected chi connectivity index (χ2v) is 7.75. The first-order chi connectivity index (χ1) is 12.7. The average molecular weight is 390 g/mol. The SMILES string of the molecule is COC(=O)C(CCSC)NC(=O)C(Sc1ccccc1)c1ccccc1. The highest BCUT2D eigenvalue weighted by Crippen LogP contribution is 2.35. The molecule has 1 N–H and O–H groups in total. The third-order valence-corrected chi connectivity index (χ3v) is 5.66. The predicted octanol–water partition coefficient (Wildman–Crippen LogP) is 3.93. The molecule has 0 saturated heterocycles. The second-order valence-electron chi connectivity index (χ2n) is 5.59. The number of thioether (sulfide) groups is 2. The Bertz CT molecular complexity index is 695. The normalized spacial score (nSPS) is 12.8. The van der Waals surface area contributed by atoms with Crippen molar-refractivity contribution in [1.82, 2.24) is 5.32 Å². The monoisotopic (exact) mass is 389 g/mol. The zero-order valence-electron chi connectivity index (χ0n) is 14.9. The van der Waals surface area contributed by atoms with Gasteiger partial charge in [0, 0.05) is 4.90 Å². The van der Waals surface area contributed by atoms with Gasteiger partial charge in [-0.05, 0) is 36.1 Å². The van der Waals surface area contributed by atoms with E-state index in [1.54, 1.807) is 11.8 Å². The Morgan fingerprint density at radius 2 is 1.65 bits per heavy atom. The first kappa shape index (κ1) is 20.4. The Balaban J connectivity index is 2.20. The number of hydrogen-bond donors (Lipinski definition) is 1. The number of nitrogens with one attached hydrogen (secondary N) is 1. The molecule has 0 aliphatic rings. The van der Waals surface area contributed by atoms with Gasteiger partial charge < -0.3 is 10.1 Å². The zero-order valence-corrected chi connectivity index (χ0v) is 16.5. The van der Waals surface area contributed by atoms with E-state index in [1.807, 2.05) is 66.9 Å². The fourth-order valence-corrected chi connectivity index (χ4v) is 3.94. The summed E-state index contributed by atoms with van der Waals surface area (Å²) in [5.41, 5.74) is 0.896. The van der Waals surface area contributed by atoms with E-state index >= 15 is 0 Å². The minimum atomic E-state index is -0.637. The van der Waals surface area contributed by atoms with Crippen molar-refractivity contribution < 1.29 is 14.3 Å². The molecule has 2 aromatic rings. The average Bonchev–Trinajstić information content (AvgIpc) is 2.70. The molecule has 0 spiro atoms. The number of esters is 1. The van der Waals surface area contributed by atoms with E-state index in [9.17, 15) is 9.59 Å². The van der Waals surface area contributed by atoms with Crippen LogP contribution in [0.5, 0.6) is 0 Å². The summed E-state index contributed by atoms with van der Waals surface area (Å²) >= 11 is 3.09. The van der Waals surface area contributed by atoms with E-state index < -0.39 is 17.3 Å². The van der Waals surface area contributed by atoms with Crippen LogP contribution in [-0.4, -0.2) is 37.0 Å². The largest absolute Gasteiger partial charge is 0.467 e. The van der Waals surface area contributed by atoms with Crippen LogP contribution in [0.25, 0.3) is 0 Å². The number of carbonyl (C=O) groups excluding carboxylic acids is 2. The van der Waals surface area contributed by atoms with Crippen LogP contribution in [0.2, 0.25) is 0 Å². The Morgan fingerprint density at radius 1 is 1.04 bits per heavy atom. The van der Waals surface area contributed by atoms with Crippen molar-refractivity contribution in [2.75, 3.05) is 19.1 Å². The van der Waals surface area contributed by atoms with Crippen LogP contribution >= 0.6 is 23.5 Å². The van der Waals surface area contributed by atoms with Gasteiger partial charge in [-0.3, -0.25) is 4.79 Å². The van der Waals surface area contributed by atoms with Crippen molar-refractivity contribution in [2.45, 2.75) is 22.6 Å². The lowest BCUT2D eigenvalue weighted by Gasteiger charge is -2.21. The maximum atomic E-state index is 13.0. The number of amides is 1. The van der Waals surface area contributed by atoms with E-state index in [-0.39, 0.29) is 5.91 Å². The first-order valence-corrected chi connectivity index (χ1v) is 10.6. The van der Waals surface area contributed by atoms with Gasteiger partial charge in [0.1, 0.15) is 11.3 Å². The Morgan fingerprint density at radius 3 is 2.23 bits per heavy atom. The number of ether oxygens (including phenoxy) is 1. The minimum absolute atomic E-state index is 0.193. The quantitative estimate of drug-likeness (QED) is 0.520. The topological polar surface area (TPSA) is 55.4 Å². The first-order valence-electron chi connectivity index (χ1n) is 8.29. The number of carbonyl (C=O) groups is 2. The summed E-state index contributed by atoms with van der Waals surface area (Å²) in [5.74, 6) is 0.160. The Kier molecular flexibility index (Phi) is 8.58. The van der Waals surface area contributed by atoms with Gasteiger partial charge in [0.2, 0.25) is 5.91 Å². The molecule has 26 heavy (non-hydrogen) atoms. The standard InChI is InChI=1S/C20H23NO3S2/c1-24-20(23)17(13-14-25-2)21-19(22)18(15-9-5-3-6-10-15)26-16-11-7-4-8-12-16/h3-12,17-18H,13-14H2,1-2H3,(H,21,22). The van der Waals surface area contributed by atoms with Crippen LogP contribution < -0.4 is 5.32 Å². The van der Waals surface area contributed by atoms with Gasteiger partial charge in [-0.2, -0.15) is 11.8 Å². The molecule has 2 rings (SSSR count). The number of hydrogen-bond acceptors (Lipinski definition) is 5. The summed E-state index contributed by atoms with van der Waals surface area (Å²) in [6, 6.07) is 18.7. The van der Waals surface area contributed by atoms with E-state index in [4.69, 9.17) is 4.74 Å². The fourth-order valence-electron chi connectivity index (χ4n) is 2.41. The van der Waals surface area contributed by atoms with Crippen molar-refractivity contribution >= 4 is 35.4 Å². The van der Waals surface area contributed by atoms with Crippen LogP contribution in [0.4, 0.5) is 0 Å². The molecule has 6 heteroatoms. The van der Waals surface area contributed by atoms with Crippen LogP contribution in [0, 0.1) is 0 Å². The molecule has 2 aromatic carbocycles. The van der Waals surface area contributed by atoms with Gasteiger partial charge >= 0.3 is 5.97 Å². The molecule has 2 unspecified atom stereocenters. The van der Waals surface area contributed by atoms with Gasteiger partial charge in [-0.1, -0.05) is 48.5 Å². The maximum Gasteiger partial charge on any atom is 0.328 e. The Hall–Kier alpha value is -1.92. The van der Waals surface area contributed by atoms with Crippen LogP contribution in [0.1, 0.15) is 17.2 Å². The highest BCUT2D eigenvalue weighted by molar-refractivity contribution is 8.00. The lowest BCUT2D eigenvalue weighted by Crippen LogP contribution is -2.43. The Labute approximate surface area is 163 Å². The summed E-state index contributed by atoms with van der Waals surface area (Å²) in [6.45, 7) is 0.